The van der Waals surface area contributed by atoms with Crippen molar-refractivity contribution in [3.8, 4) is 0 Å². The van der Waals surface area contributed by atoms with E-state index in [1.54, 1.807) is 12.1 Å². The highest BCUT2D eigenvalue weighted by Crippen LogP contribution is 2.29. The van der Waals surface area contributed by atoms with E-state index in [9.17, 15) is 9.50 Å². The number of hydrogen-bond donors (Lipinski definition) is 1. The third-order valence-corrected chi connectivity index (χ3v) is 3.51. The fraction of sp³-hybridized carbons (Fsp3) is 0.167. The monoisotopic (exact) mass is 318 g/mol. The van der Waals surface area contributed by atoms with Crippen LogP contribution in [-0.4, -0.2) is 5.11 Å². The van der Waals surface area contributed by atoms with Gasteiger partial charge in [-0.3, -0.25) is 0 Å². The number of benzene rings is 1. The van der Waals surface area contributed by atoms with Crippen molar-refractivity contribution in [2.75, 3.05) is 0 Å². The lowest BCUT2D eigenvalue weighted by Gasteiger charge is -2.10. The molecule has 1 aromatic carbocycles. The van der Waals surface area contributed by atoms with E-state index >= 15 is 0 Å². The SMILES string of the molecule is OC(Cc1cc(F)ccc1Br)c1ccoc1Cl. The first kappa shape index (κ1) is 12.6. The highest BCUT2D eigenvalue weighted by atomic mass is 79.9. The van der Waals surface area contributed by atoms with Gasteiger partial charge in [-0.05, 0) is 41.4 Å². The zero-order valence-corrected chi connectivity index (χ0v) is 11.0. The van der Waals surface area contributed by atoms with Crippen molar-refractivity contribution in [2.45, 2.75) is 12.5 Å². The molecule has 1 unspecified atom stereocenters. The van der Waals surface area contributed by atoms with E-state index in [0.717, 1.165) is 4.47 Å². The van der Waals surface area contributed by atoms with Crippen LogP contribution in [0.3, 0.4) is 0 Å². The molecule has 0 aliphatic carbocycles. The van der Waals surface area contributed by atoms with E-state index in [4.69, 9.17) is 16.0 Å². The number of aliphatic hydroxyl groups excluding tert-OH is 1. The van der Waals surface area contributed by atoms with E-state index < -0.39 is 6.10 Å². The molecule has 1 heterocycles. The van der Waals surface area contributed by atoms with Gasteiger partial charge in [0.25, 0.3) is 0 Å². The maximum absolute atomic E-state index is 13.1. The van der Waals surface area contributed by atoms with Gasteiger partial charge in [0.05, 0.1) is 12.4 Å². The Labute approximate surface area is 111 Å². The standard InChI is InChI=1S/C12H9BrClFO2/c13-10-2-1-8(15)5-7(10)6-11(16)9-3-4-17-12(9)14/h1-5,11,16H,6H2. The zero-order chi connectivity index (χ0) is 12.4. The van der Waals surface area contributed by atoms with Gasteiger partial charge in [-0.2, -0.15) is 0 Å². The summed E-state index contributed by atoms with van der Waals surface area (Å²) < 4.78 is 18.7. The van der Waals surface area contributed by atoms with Crippen LogP contribution in [0.25, 0.3) is 0 Å². The van der Waals surface area contributed by atoms with Crippen molar-refractivity contribution in [3.05, 3.63) is 57.2 Å². The third kappa shape index (κ3) is 2.89. The van der Waals surface area contributed by atoms with Crippen molar-refractivity contribution < 1.29 is 13.9 Å². The molecule has 2 nitrogen and oxygen atoms in total. The van der Waals surface area contributed by atoms with Gasteiger partial charge in [-0.25, -0.2) is 4.39 Å². The van der Waals surface area contributed by atoms with E-state index in [2.05, 4.69) is 15.9 Å². The summed E-state index contributed by atoms with van der Waals surface area (Å²) in [6.07, 6.45) is 0.846. The molecule has 1 atom stereocenters. The van der Waals surface area contributed by atoms with Gasteiger partial charge in [-0.1, -0.05) is 15.9 Å². The average molecular weight is 320 g/mol. The van der Waals surface area contributed by atoms with Crippen molar-refractivity contribution in [1.82, 2.24) is 0 Å². The summed E-state index contributed by atoms with van der Waals surface area (Å²) >= 11 is 9.07. The van der Waals surface area contributed by atoms with Crippen LogP contribution in [0.15, 0.2) is 39.4 Å². The number of hydrogen-bond acceptors (Lipinski definition) is 2. The smallest absolute Gasteiger partial charge is 0.198 e. The van der Waals surface area contributed by atoms with Gasteiger partial charge < -0.3 is 9.52 Å². The molecule has 90 valence electrons. The molecule has 0 aliphatic rings. The number of furan rings is 1. The van der Waals surface area contributed by atoms with Crippen molar-refractivity contribution in [1.29, 1.82) is 0 Å². The molecule has 0 aliphatic heterocycles. The first-order valence-corrected chi connectivity index (χ1v) is 6.10. The summed E-state index contributed by atoms with van der Waals surface area (Å²) in [5, 5.41) is 10.1. The zero-order valence-electron chi connectivity index (χ0n) is 8.66. The minimum absolute atomic E-state index is 0.157. The molecule has 0 saturated heterocycles. The van der Waals surface area contributed by atoms with Gasteiger partial charge in [0, 0.05) is 16.5 Å². The quantitative estimate of drug-likeness (QED) is 0.923. The van der Waals surface area contributed by atoms with Gasteiger partial charge in [0.1, 0.15) is 5.82 Å². The third-order valence-electron chi connectivity index (χ3n) is 2.43. The van der Waals surface area contributed by atoms with Gasteiger partial charge in [0.2, 0.25) is 0 Å². The van der Waals surface area contributed by atoms with Crippen molar-refractivity contribution >= 4 is 27.5 Å². The fourth-order valence-corrected chi connectivity index (χ4v) is 2.21. The van der Waals surface area contributed by atoms with Crippen LogP contribution in [0.1, 0.15) is 17.2 Å². The summed E-state index contributed by atoms with van der Waals surface area (Å²) in [6, 6.07) is 5.93. The Morgan fingerprint density at radius 2 is 2.18 bits per heavy atom. The Kier molecular flexibility index (Phi) is 3.86. The van der Waals surface area contributed by atoms with E-state index in [0.29, 0.717) is 11.1 Å². The summed E-state index contributed by atoms with van der Waals surface area (Å²) in [5.41, 5.74) is 1.18. The van der Waals surface area contributed by atoms with Crippen LogP contribution < -0.4 is 0 Å². The Morgan fingerprint density at radius 3 is 2.82 bits per heavy atom. The molecule has 1 N–H and O–H groups in total. The lowest BCUT2D eigenvalue weighted by molar-refractivity contribution is 0.177. The predicted molar refractivity (Wildman–Crippen MR) is 66.5 cm³/mol. The first-order chi connectivity index (χ1) is 8.08. The Hall–Kier alpha value is -0.840. The van der Waals surface area contributed by atoms with Gasteiger partial charge in [0.15, 0.2) is 5.22 Å². The molecule has 17 heavy (non-hydrogen) atoms. The van der Waals surface area contributed by atoms with Crippen molar-refractivity contribution in [3.63, 3.8) is 0 Å². The van der Waals surface area contributed by atoms with Crippen LogP contribution in [0, 0.1) is 5.82 Å². The Bertz CT molecular complexity index is 527. The minimum atomic E-state index is -0.820. The maximum Gasteiger partial charge on any atom is 0.198 e. The Morgan fingerprint density at radius 1 is 1.41 bits per heavy atom. The fourth-order valence-electron chi connectivity index (χ4n) is 1.56. The lowest BCUT2D eigenvalue weighted by atomic mass is 10.0. The van der Waals surface area contributed by atoms with Gasteiger partial charge in [-0.15, -0.1) is 0 Å². The Balaban J connectivity index is 2.21. The number of rotatable bonds is 3. The predicted octanol–water partition coefficient (Wildman–Crippen LogP) is 4.11. The molecule has 2 aromatic rings. The van der Waals surface area contributed by atoms with E-state index in [1.165, 1.54) is 18.4 Å². The number of halogens is 3. The molecule has 0 bridgehead atoms. The molecule has 1 aromatic heterocycles. The topological polar surface area (TPSA) is 33.4 Å². The van der Waals surface area contributed by atoms with Crippen LogP contribution in [0.2, 0.25) is 5.22 Å². The highest BCUT2D eigenvalue weighted by molar-refractivity contribution is 9.10. The molecule has 0 amide bonds. The lowest BCUT2D eigenvalue weighted by Crippen LogP contribution is -2.02. The van der Waals surface area contributed by atoms with Crippen LogP contribution in [0.4, 0.5) is 4.39 Å². The molecule has 0 fully saturated rings. The van der Waals surface area contributed by atoms with Crippen molar-refractivity contribution in [2.24, 2.45) is 0 Å². The second-order valence-electron chi connectivity index (χ2n) is 3.61. The molecular formula is C12H9BrClFO2. The second-order valence-corrected chi connectivity index (χ2v) is 4.80. The maximum atomic E-state index is 13.1. The van der Waals surface area contributed by atoms with Crippen LogP contribution >= 0.6 is 27.5 Å². The van der Waals surface area contributed by atoms with Crippen LogP contribution in [0.5, 0.6) is 0 Å². The molecule has 0 spiro atoms. The second kappa shape index (κ2) is 5.21. The highest BCUT2D eigenvalue weighted by Gasteiger charge is 2.16. The molecule has 2 rings (SSSR count). The summed E-state index contributed by atoms with van der Waals surface area (Å²) in [4.78, 5) is 0. The summed E-state index contributed by atoms with van der Waals surface area (Å²) in [6.45, 7) is 0. The molecule has 0 saturated carbocycles. The molecular weight excluding hydrogens is 310 g/mol. The largest absolute Gasteiger partial charge is 0.453 e. The normalized spacial score (nSPS) is 12.7. The van der Waals surface area contributed by atoms with Crippen LogP contribution in [-0.2, 0) is 6.42 Å². The molecule has 0 radical (unpaired) electrons. The minimum Gasteiger partial charge on any atom is -0.453 e. The molecule has 5 heteroatoms. The first-order valence-electron chi connectivity index (χ1n) is 4.93. The summed E-state index contributed by atoms with van der Waals surface area (Å²) in [7, 11) is 0. The summed E-state index contributed by atoms with van der Waals surface area (Å²) in [5.74, 6) is -0.339. The van der Waals surface area contributed by atoms with Gasteiger partial charge >= 0.3 is 0 Å². The number of aliphatic hydroxyl groups is 1. The van der Waals surface area contributed by atoms with E-state index in [1.807, 2.05) is 0 Å². The average Bonchev–Trinajstić information content (AvgIpc) is 2.70. The van der Waals surface area contributed by atoms with E-state index in [-0.39, 0.29) is 17.5 Å².